The lowest BCUT2D eigenvalue weighted by atomic mass is 10.2. The van der Waals surface area contributed by atoms with Gasteiger partial charge in [-0.25, -0.2) is 0 Å². The van der Waals surface area contributed by atoms with E-state index in [1.54, 1.807) is 7.11 Å². The van der Waals surface area contributed by atoms with Gasteiger partial charge in [-0.05, 0) is 18.9 Å². The van der Waals surface area contributed by atoms with Crippen molar-refractivity contribution in [1.82, 2.24) is 4.90 Å². The Balaban J connectivity index is 2.42. The van der Waals surface area contributed by atoms with E-state index in [2.05, 4.69) is 24.0 Å². The first-order valence-corrected chi connectivity index (χ1v) is 4.32. The molecular formula is C9H17NO. The molecule has 0 N–H and O–H groups in total. The van der Waals surface area contributed by atoms with Crippen LogP contribution in [0.1, 0.15) is 19.8 Å². The topological polar surface area (TPSA) is 12.5 Å². The first-order chi connectivity index (χ1) is 5.38. The molecule has 1 heterocycles. The van der Waals surface area contributed by atoms with Crippen molar-refractivity contribution in [2.75, 3.05) is 20.2 Å². The van der Waals surface area contributed by atoms with Crippen molar-refractivity contribution in [3.05, 3.63) is 12.2 Å². The minimum Gasteiger partial charge on any atom is -0.363 e. The third-order valence-electron chi connectivity index (χ3n) is 2.00. The Morgan fingerprint density at radius 1 is 1.64 bits per heavy atom. The zero-order valence-electron chi connectivity index (χ0n) is 7.42. The molecule has 1 atom stereocenters. The third kappa shape index (κ3) is 2.31. The van der Waals surface area contributed by atoms with Crippen LogP contribution in [0, 0.1) is 0 Å². The summed E-state index contributed by atoms with van der Waals surface area (Å²) in [6.07, 6.45) is 6.93. The van der Waals surface area contributed by atoms with Crippen molar-refractivity contribution in [3.63, 3.8) is 0 Å². The smallest absolute Gasteiger partial charge is 0.129 e. The minimum absolute atomic E-state index is 0.226. The van der Waals surface area contributed by atoms with E-state index in [4.69, 9.17) is 4.74 Å². The van der Waals surface area contributed by atoms with Gasteiger partial charge in [0.25, 0.3) is 0 Å². The van der Waals surface area contributed by atoms with Crippen LogP contribution in [-0.4, -0.2) is 31.3 Å². The van der Waals surface area contributed by atoms with E-state index in [-0.39, 0.29) is 6.23 Å². The van der Waals surface area contributed by atoms with E-state index >= 15 is 0 Å². The zero-order valence-corrected chi connectivity index (χ0v) is 7.42. The Morgan fingerprint density at radius 3 is 3.09 bits per heavy atom. The molecule has 11 heavy (non-hydrogen) atoms. The van der Waals surface area contributed by atoms with Crippen molar-refractivity contribution in [3.8, 4) is 0 Å². The standard InChI is InChI=1S/C9H17NO/c1-3-7-10-8-5-4-6-9(10)11-2/h4,6,9H,3,5,7-8H2,1-2H3. The van der Waals surface area contributed by atoms with Crippen LogP contribution in [0.15, 0.2) is 12.2 Å². The van der Waals surface area contributed by atoms with Crippen LogP contribution in [0.2, 0.25) is 0 Å². The third-order valence-corrected chi connectivity index (χ3v) is 2.00. The largest absolute Gasteiger partial charge is 0.363 e. The van der Waals surface area contributed by atoms with E-state index < -0.39 is 0 Å². The molecule has 0 aliphatic carbocycles. The van der Waals surface area contributed by atoms with Gasteiger partial charge in [-0.15, -0.1) is 0 Å². The molecule has 1 unspecified atom stereocenters. The van der Waals surface area contributed by atoms with E-state index in [1.165, 1.54) is 12.8 Å². The lowest BCUT2D eigenvalue weighted by Crippen LogP contribution is -2.38. The molecular weight excluding hydrogens is 138 g/mol. The maximum absolute atomic E-state index is 5.30. The van der Waals surface area contributed by atoms with Crippen LogP contribution in [0.5, 0.6) is 0 Å². The summed E-state index contributed by atoms with van der Waals surface area (Å²) in [6.45, 7) is 4.48. The van der Waals surface area contributed by atoms with E-state index in [0.29, 0.717) is 0 Å². The fourth-order valence-electron chi connectivity index (χ4n) is 1.46. The lowest BCUT2D eigenvalue weighted by molar-refractivity contribution is -0.00183. The van der Waals surface area contributed by atoms with Crippen molar-refractivity contribution >= 4 is 0 Å². The second kappa shape index (κ2) is 4.52. The number of ether oxygens (including phenoxy) is 1. The summed E-state index contributed by atoms with van der Waals surface area (Å²) in [5.41, 5.74) is 0. The van der Waals surface area contributed by atoms with Crippen molar-refractivity contribution in [2.24, 2.45) is 0 Å². The molecule has 0 aromatic heterocycles. The van der Waals surface area contributed by atoms with Gasteiger partial charge in [0.2, 0.25) is 0 Å². The molecule has 0 radical (unpaired) electrons. The predicted octanol–water partition coefficient (Wildman–Crippen LogP) is 1.63. The summed E-state index contributed by atoms with van der Waals surface area (Å²) in [6, 6.07) is 0. The maximum atomic E-state index is 5.30. The molecule has 0 aromatic rings. The average molecular weight is 155 g/mol. The van der Waals surface area contributed by atoms with Crippen molar-refractivity contribution in [2.45, 2.75) is 26.0 Å². The van der Waals surface area contributed by atoms with Crippen LogP contribution >= 0.6 is 0 Å². The molecule has 0 saturated heterocycles. The molecule has 1 aliphatic heterocycles. The molecule has 64 valence electrons. The number of hydrogen-bond acceptors (Lipinski definition) is 2. The SMILES string of the molecule is CCCN1CCC=CC1OC. The quantitative estimate of drug-likeness (QED) is 0.574. The molecule has 0 aromatic carbocycles. The number of methoxy groups -OCH3 is 1. The summed E-state index contributed by atoms with van der Waals surface area (Å²) in [5, 5.41) is 0. The maximum Gasteiger partial charge on any atom is 0.129 e. The van der Waals surface area contributed by atoms with Crippen LogP contribution in [0.3, 0.4) is 0 Å². The Hall–Kier alpha value is -0.340. The van der Waals surface area contributed by atoms with E-state index in [1.807, 2.05) is 0 Å². The molecule has 2 heteroatoms. The van der Waals surface area contributed by atoms with Crippen LogP contribution in [-0.2, 0) is 4.74 Å². The molecule has 2 nitrogen and oxygen atoms in total. The van der Waals surface area contributed by atoms with Gasteiger partial charge < -0.3 is 4.74 Å². The number of nitrogens with zero attached hydrogens (tertiary/aromatic N) is 1. The van der Waals surface area contributed by atoms with Gasteiger partial charge in [0.15, 0.2) is 0 Å². The van der Waals surface area contributed by atoms with Gasteiger partial charge in [0, 0.05) is 20.2 Å². The molecule has 0 fully saturated rings. The first-order valence-electron chi connectivity index (χ1n) is 4.32. The second-order valence-electron chi connectivity index (χ2n) is 2.88. The second-order valence-corrected chi connectivity index (χ2v) is 2.88. The Kier molecular flexibility index (Phi) is 3.60. The highest BCUT2D eigenvalue weighted by Gasteiger charge is 2.15. The van der Waals surface area contributed by atoms with Gasteiger partial charge in [-0.3, -0.25) is 4.90 Å². The number of rotatable bonds is 3. The zero-order chi connectivity index (χ0) is 8.10. The fraction of sp³-hybridized carbons (Fsp3) is 0.778. The molecule has 0 spiro atoms. The van der Waals surface area contributed by atoms with Gasteiger partial charge >= 0.3 is 0 Å². The Labute approximate surface area is 68.8 Å². The summed E-state index contributed by atoms with van der Waals surface area (Å²) >= 11 is 0. The number of hydrogen-bond donors (Lipinski definition) is 0. The van der Waals surface area contributed by atoms with Gasteiger partial charge in [0.05, 0.1) is 0 Å². The summed E-state index contributed by atoms with van der Waals surface area (Å²) in [5.74, 6) is 0. The van der Waals surface area contributed by atoms with E-state index in [9.17, 15) is 0 Å². The van der Waals surface area contributed by atoms with Crippen molar-refractivity contribution in [1.29, 1.82) is 0 Å². The first kappa shape index (κ1) is 8.75. The fourth-order valence-corrected chi connectivity index (χ4v) is 1.46. The molecule has 1 rings (SSSR count). The highest BCUT2D eigenvalue weighted by atomic mass is 16.5. The summed E-state index contributed by atoms with van der Waals surface area (Å²) < 4.78 is 5.30. The predicted molar refractivity (Wildman–Crippen MR) is 46.4 cm³/mol. The van der Waals surface area contributed by atoms with Crippen LogP contribution < -0.4 is 0 Å². The highest BCUT2D eigenvalue weighted by Crippen LogP contribution is 2.10. The summed E-state index contributed by atoms with van der Waals surface area (Å²) in [7, 11) is 1.77. The van der Waals surface area contributed by atoms with Crippen LogP contribution in [0.4, 0.5) is 0 Å². The van der Waals surface area contributed by atoms with Crippen LogP contribution in [0.25, 0.3) is 0 Å². The normalized spacial score (nSPS) is 25.8. The van der Waals surface area contributed by atoms with E-state index in [0.717, 1.165) is 13.1 Å². The van der Waals surface area contributed by atoms with Gasteiger partial charge in [-0.1, -0.05) is 13.0 Å². The average Bonchev–Trinajstić information content (AvgIpc) is 2.06. The van der Waals surface area contributed by atoms with Gasteiger partial charge in [-0.2, -0.15) is 0 Å². The minimum atomic E-state index is 0.226. The molecule has 0 saturated carbocycles. The molecule has 0 bridgehead atoms. The lowest BCUT2D eigenvalue weighted by Gasteiger charge is -2.30. The Morgan fingerprint density at radius 2 is 2.45 bits per heavy atom. The molecule has 0 amide bonds. The monoisotopic (exact) mass is 155 g/mol. The summed E-state index contributed by atoms with van der Waals surface area (Å²) in [4.78, 5) is 2.36. The molecule has 1 aliphatic rings. The van der Waals surface area contributed by atoms with Crippen molar-refractivity contribution < 1.29 is 4.74 Å². The highest BCUT2D eigenvalue weighted by molar-refractivity contribution is 4.94. The van der Waals surface area contributed by atoms with Gasteiger partial charge in [0.1, 0.15) is 6.23 Å². The Bertz CT molecular complexity index is 134.